The summed E-state index contributed by atoms with van der Waals surface area (Å²) >= 11 is 5.77. The summed E-state index contributed by atoms with van der Waals surface area (Å²) in [6, 6.07) is 6.97. The van der Waals surface area contributed by atoms with E-state index in [9.17, 15) is 27.5 Å². The molecule has 1 aliphatic heterocycles. The number of anilines is 2. The Bertz CT molecular complexity index is 1200. The average Bonchev–Trinajstić information content (AvgIpc) is 2.72. The fourth-order valence-corrected chi connectivity index (χ4v) is 4.81. The first-order valence-corrected chi connectivity index (χ1v) is 11.4. The number of benzene rings is 2. The highest BCUT2D eigenvalue weighted by Crippen LogP contribution is 2.39. The van der Waals surface area contributed by atoms with Crippen LogP contribution in [0.3, 0.4) is 0 Å². The van der Waals surface area contributed by atoms with Crippen LogP contribution in [0.5, 0.6) is 5.75 Å². The molecule has 3 rings (SSSR count). The van der Waals surface area contributed by atoms with Crippen LogP contribution in [0.25, 0.3) is 0 Å². The van der Waals surface area contributed by atoms with Gasteiger partial charge in [-0.3, -0.25) is 14.4 Å². The molecule has 1 atom stereocenters. The zero-order valence-electron chi connectivity index (χ0n) is 17.5. The highest BCUT2D eigenvalue weighted by atomic mass is 35.5. The van der Waals surface area contributed by atoms with Crippen molar-refractivity contribution in [3.8, 4) is 5.75 Å². The summed E-state index contributed by atoms with van der Waals surface area (Å²) in [6.07, 6.45) is -2.20. The zero-order valence-corrected chi connectivity index (χ0v) is 19.1. The minimum Gasteiger partial charge on any atom is -0.484 e. The summed E-state index contributed by atoms with van der Waals surface area (Å²) in [4.78, 5) is 22.7. The van der Waals surface area contributed by atoms with Gasteiger partial charge in [0.25, 0.3) is 15.9 Å². The maximum Gasteiger partial charge on any atom is 0.409 e. The second-order valence-electron chi connectivity index (χ2n) is 7.73. The number of ether oxygens (including phenoxy) is 1. The molecule has 13 heteroatoms. The second-order valence-corrected chi connectivity index (χ2v) is 10.0. The number of amides is 2. The van der Waals surface area contributed by atoms with Gasteiger partial charge in [0.15, 0.2) is 0 Å². The third-order valence-electron chi connectivity index (χ3n) is 4.67. The number of halogens is 2. The van der Waals surface area contributed by atoms with E-state index in [-0.39, 0.29) is 40.1 Å². The van der Waals surface area contributed by atoms with Crippen LogP contribution < -0.4 is 19.7 Å². The quantitative estimate of drug-likeness (QED) is 0.475. The van der Waals surface area contributed by atoms with Gasteiger partial charge in [-0.25, -0.2) is 17.6 Å². The Hall–Kier alpha value is -3.09. The number of aliphatic hydroxyl groups is 1. The Labute approximate surface area is 194 Å². The topological polar surface area (TPSA) is 145 Å². The van der Waals surface area contributed by atoms with Crippen molar-refractivity contribution in [3.05, 3.63) is 47.2 Å². The lowest BCUT2D eigenvalue weighted by molar-refractivity contribution is -0.136. The number of nitrogens with one attached hydrogen (secondary N) is 2. The molecule has 2 aromatic carbocycles. The molecule has 10 nitrogen and oxygen atoms in total. The molecule has 1 aliphatic rings. The van der Waals surface area contributed by atoms with Crippen LogP contribution in [-0.4, -0.2) is 55.4 Å². The van der Waals surface area contributed by atoms with Crippen LogP contribution in [0.4, 0.5) is 20.6 Å². The van der Waals surface area contributed by atoms with Gasteiger partial charge in [0.2, 0.25) is 0 Å². The van der Waals surface area contributed by atoms with E-state index >= 15 is 0 Å². The smallest absolute Gasteiger partial charge is 0.409 e. The molecule has 0 aliphatic carbocycles. The van der Waals surface area contributed by atoms with Crippen LogP contribution in [0.2, 0.25) is 5.02 Å². The molecule has 0 radical (unpaired) electrons. The van der Waals surface area contributed by atoms with Crippen molar-refractivity contribution in [1.82, 2.24) is 5.32 Å². The average molecular weight is 502 g/mol. The van der Waals surface area contributed by atoms with Gasteiger partial charge in [-0.15, -0.1) is 0 Å². The Morgan fingerprint density at radius 1 is 1.27 bits per heavy atom. The van der Waals surface area contributed by atoms with E-state index in [0.717, 1.165) is 22.5 Å². The molecule has 0 bridgehead atoms. The van der Waals surface area contributed by atoms with Crippen LogP contribution in [-0.2, 0) is 14.8 Å². The minimum atomic E-state index is -4.29. The van der Waals surface area contributed by atoms with Gasteiger partial charge >= 0.3 is 6.09 Å². The highest BCUT2D eigenvalue weighted by Gasteiger charge is 2.36. The van der Waals surface area contributed by atoms with Gasteiger partial charge in [0, 0.05) is 5.69 Å². The van der Waals surface area contributed by atoms with E-state index in [4.69, 9.17) is 21.4 Å². The minimum absolute atomic E-state index is 0.0340. The molecule has 2 aromatic rings. The number of hydrogen-bond acceptors (Lipinski definition) is 6. The lowest BCUT2D eigenvalue weighted by atomic mass is 10.1. The van der Waals surface area contributed by atoms with Gasteiger partial charge in [-0.1, -0.05) is 11.6 Å². The Morgan fingerprint density at radius 2 is 1.97 bits per heavy atom. The molecule has 1 heterocycles. The van der Waals surface area contributed by atoms with Crippen LogP contribution in [0, 0.1) is 5.82 Å². The molecule has 178 valence electrons. The maximum atomic E-state index is 13.6. The number of sulfonamides is 1. The van der Waals surface area contributed by atoms with Crippen molar-refractivity contribution in [2.75, 3.05) is 22.7 Å². The summed E-state index contributed by atoms with van der Waals surface area (Å²) in [5, 5.41) is 23.0. The summed E-state index contributed by atoms with van der Waals surface area (Å²) in [5.41, 5.74) is -1.52. The van der Waals surface area contributed by atoms with E-state index in [1.165, 1.54) is 32.0 Å². The van der Waals surface area contributed by atoms with E-state index in [0.29, 0.717) is 0 Å². The lowest BCUT2D eigenvalue weighted by Gasteiger charge is -2.36. The Kier molecular flexibility index (Phi) is 6.73. The number of rotatable bonds is 6. The fraction of sp³-hybridized carbons (Fsp3) is 0.300. The van der Waals surface area contributed by atoms with Crippen molar-refractivity contribution in [2.24, 2.45) is 0 Å². The predicted octanol–water partition coefficient (Wildman–Crippen LogP) is 2.41. The number of carbonyl (C=O) groups is 2. The van der Waals surface area contributed by atoms with Gasteiger partial charge in [0.1, 0.15) is 23.3 Å². The molecule has 2 amide bonds. The SMILES string of the molecule is CC(C)(O)C(=O)NCC1CN(S(=O)(=O)c2ccc(F)c(Cl)c2)c2cc(NC(=O)O)ccc2O1. The van der Waals surface area contributed by atoms with E-state index in [1.54, 1.807) is 0 Å². The molecule has 0 saturated heterocycles. The summed E-state index contributed by atoms with van der Waals surface area (Å²) in [6.45, 7) is 2.19. The van der Waals surface area contributed by atoms with Crippen molar-refractivity contribution in [2.45, 2.75) is 30.4 Å². The van der Waals surface area contributed by atoms with Gasteiger partial charge in [-0.2, -0.15) is 0 Å². The van der Waals surface area contributed by atoms with Crippen molar-refractivity contribution >= 4 is 45.0 Å². The standard InChI is InChI=1S/C20H21ClFN3O7S/c1-20(2,29)18(26)23-9-12-10-25(33(30,31)13-4-5-15(22)14(21)8-13)16-7-11(24-19(27)28)3-6-17(16)32-12/h3-8,12,24,29H,9-10H2,1-2H3,(H,23,26)(H,27,28). The van der Waals surface area contributed by atoms with Gasteiger partial charge < -0.3 is 20.3 Å². The second kappa shape index (κ2) is 9.04. The summed E-state index contributed by atoms with van der Waals surface area (Å²) in [7, 11) is -4.29. The largest absolute Gasteiger partial charge is 0.484 e. The summed E-state index contributed by atoms with van der Waals surface area (Å²) in [5.74, 6) is -1.37. The molecule has 1 unspecified atom stereocenters. The fourth-order valence-electron chi connectivity index (χ4n) is 3.03. The Balaban J connectivity index is 2.00. The number of nitrogens with zero attached hydrogens (tertiary/aromatic N) is 1. The van der Waals surface area contributed by atoms with Crippen molar-refractivity contribution in [3.63, 3.8) is 0 Å². The first kappa shape index (κ1) is 24.6. The third-order valence-corrected chi connectivity index (χ3v) is 6.73. The van der Waals surface area contributed by atoms with Crippen molar-refractivity contribution < 1.29 is 37.3 Å². The van der Waals surface area contributed by atoms with E-state index in [1.807, 2.05) is 0 Å². The number of carbonyl (C=O) groups excluding carboxylic acids is 1. The van der Waals surface area contributed by atoms with Crippen molar-refractivity contribution in [1.29, 1.82) is 0 Å². The molecule has 33 heavy (non-hydrogen) atoms. The molecule has 0 saturated carbocycles. The molecule has 0 spiro atoms. The van der Waals surface area contributed by atoms with Gasteiger partial charge in [-0.05, 0) is 50.2 Å². The monoisotopic (exact) mass is 501 g/mol. The van der Waals surface area contributed by atoms with Crippen LogP contribution in [0.15, 0.2) is 41.3 Å². The van der Waals surface area contributed by atoms with E-state index in [2.05, 4.69) is 10.6 Å². The summed E-state index contributed by atoms with van der Waals surface area (Å²) < 4.78 is 47.2. The normalized spacial score (nSPS) is 15.9. The third kappa shape index (κ3) is 5.46. The Morgan fingerprint density at radius 3 is 2.58 bits per heavy atom. The van der Waals surface area contributed by atoms with E-state index < -0.39 is 39.5 Å². The lowest BCUT2D eigenvalue weighted by Crippen LogP contribution is -2.51. The molecular weight excluding hydrogens is 481 g/mol. The first-order chi connectivity index (χ1) is 15.3. The number of carboxylic acid groups (broad SMARTS) is 1. The number of fused-ring (bicyclic) bond motifs is 1. The molecule has 0 aromatic heterocycles. The predicted molar refractivity (Wildman–Crippen MR) is 118 cm³/mol. The highest BCUT2D eigenvalue weighted by molar-refractivity contribution is 7.92. The molecular formula is C20H21ClFN3O7S. The molecule has 0 fully saturated rings. The zero-order chi connectivity index (χ0) is 24.6. The van der Waals surface area contributed by atoms with Crippen LogP contribution >= 0.6 is 11.6 Å². The number of hydrogen-bond donors (Lipinski definition) is 4. The molecule has 4 N–H and O–H groups in total. The van der Waals surface area contributed by atoms with Gasteiger partial charge in [0.05, 0.1) is 28.7 Å². The van der Waals surface area contributed by atoms with Crippen LogP contribution in [0.1, 0.15) is 13.8 Å². The maximum absolute atomic E-state index is 13.6. The first-order valence-electron chi connectivity index (χ1n) is 9.58.